The smallest absolute Gasteiger partial charge is 0.253 e. The van der Waals surface area contributed by atoms with Gasteiger partial charge in [0.05, 0.1) is 0 Å². The Bertz CT molecular complexity index is 529. The monoisotopic (exact) mass is 403 g/mol. The van der Waals surface area contributed by atoms with Crippen molar-refractivity contribution in [1.82, 2.24) is 9.80 Å². The summed E-state index contributed by atoms with van der Waals surface area (Å²) in [7, 11) is 0. The minimum atomic E-state index is 0. The lowest BCUT2D eigenvalue weighted by atomic mass is 10.1. The predicted molar refractivity (Wildman–Crippen MR) is 96.8 cm³/mol. The summed E-state index contributed by atoms with van der Waals surface area (Å²) in [5, 5.41) is 0. The lowest BCUT2D eigenvalue weighted by Crippen LogP contribution is -2.50. The van der Waals surface area contributed by atoms with Crippen LogP contribution in [0.1, 0.15) is 30.1 Å². The minimum absolute atomic E-state index is 0. The van der Waals surface area contributed by atoms with Crippen molar-refractivity contribution in [3.05, 3.63) is 34.3 Å². The SMILES string of the molecule is CC(N)CCC(=O)N1CCN(C(=O)c2ccc(Br)cc2)CC1.Cl. The highest BCUT2D eigenvalue weighted by molar-refractivity contribution is 9.10. The zero-order valence-corrected chi connectivity index (χ0v) is 15.6. The molecule has 2 amide bonds. The first-order valence-corrected chi connectivity index (χ1v) is 8.35. The van der Waals surface area contributed by atoms with Crippen molar-refractivity contribution in [2.45, 2.75) is 25.8 Å². The number of nitrogens with zero attached hydrogens (tertiary/aromatic N) is 2. The molecule has 5 nitrogen and oxygen atoms in total. The Morgan fingerprint density at radius 1 is 1.13 bits per heavy atom. The van der Waals surface area contributed by atoms with Crippen molar-refractivity contribution in [3.63, 3.8) is 0 Å². The van der Waals surface area contributed by atoms with Crippen LogP contribution in [-0.4, -0.2) is 53.8 Å². The van der Waals surface area contributed by atoms with Crippen LogP contribution >= 0.6 is 28.3 Å². The Kier molecular flexibility index (Phi) is 8.02. The van der Waals surface area contributed by atoms with Gasteiger partial charge < -0.3 is 15.5 Å². The Hall–Kier alpha value is -1.11. The summed E-state index contributed by atoms with van der Waals surface area (Å²) in [6, 6.07) is 7.39. The third kappa shape index (κ3) is 5.79. The van der Waals surface area contributed by atoms with Crippen LogP contribution < -0.4 is 5.73 Å². The van der Waals surface area contributed by atoms with Gasteiger partial charge in [-0.05, 0) is 37.6 Å². The average molecular weight is 405 g/mol. The molecule has 1 aliphatic heterocycles. The highest BCUT2D eigenvalue weighted by Gasteiger charge is 2.24. The summed E-state index contributed by atoms with van der Waals surface area (Å²) in [6.07, 6.45) is 1.19. The van der Waals surface area contributed by atoms with Crippen molar-refractivity contribution in [1.29, 1.82) is 0 Å². The number of hydrogen-bond donors (Lipinski definition) is 1. The maximum Gasteiger partial charge on any atom is 0.253 e. The molecular weight excluding hydrogens is 382 g/mol. The van der Waals surface area contributed by atoms with Crippen molar-refractivity contribution < 1.29 is 9.59 Å². The molecule has 1 unspecified atom stereocenters. The molecule has 0 bridgehead atoms. The van der Waals surface area contributed by atoms with E-state index in [1.54, 1.807) is 4.90 Å². The molecule has 1 aliphatic rings. The molecule has 2 rings (SSSR count). The molecule has 0 aromatic heterocycles. The highest BCUT2D eigenvalue weighted by atomic mass is 79.9. The molecule has 1 aromatic carbocycles. The molecule has 1 saturated heterocycles. The summed E-state index contributed by atoms with van der Waals surface area (Å²) < 4.78 is 0.952. The summed E-state index contributed by atoms with van der Waals surface area (Å²) in [4.78, 5) is 28.1. The topological polar surface area (TPSA) is 66.6 Å². The fourth-order valence-electron chi connectivity index (χ4n) is 2.44. The zero-order chi connectivity index (χ0) is 16.1. The van der Waals surface area contributed by atoms with Crippen LogP contribution in [0.5, 0.6) is 0 Å². The van der Waals surface area contributed by atoms with E-state index in [9.17, 15) is 9.59 Å². The number of rotatable bonds is 4. The predicted octanol–water partition coefficient (Wildman–Crippen LogP) is 2.28. The number of hydrogen-bond acceptors (Lipinski definition) is 3. The Morgan fingerprint density at radius 3 is 2.17 bits per heavy atom. The number of halogens is 2. The fraction of sp³-hybridized carbons (Fsp3) is 0.500. The van der Waals surface area contributed by atoms with E-state index in [0.717, 1.165) is 4.47 Å². The number of carbonyl (C=O) groups is 2. The normalized spacial score (nSPS) is 15.8. The number of benzene rings is 1. The summed E-state index contributed by atoms with van der Waals surface area (Å²) in [5.74, 6) is 0.156. The van der Waals surface area contributed by atoms with Gasteiger partial charge in [0.2, 0.25) is 5.91 Å². The maximum atomic E-state index is 12.4. The van der Waals surface area contributed by atoms with Crippen LogP contribution in [0.15, 0.2) is 28.7 Å². The molecule has 2 N–H and O–H groups in total. The van der Waals surface area contributed by atoms with Crippen LogP contribution in [0.25, 0.3) is 0 Å². The van der Waals surface area contributed by atoms with Crippen molar-refractivity contribution in [3.8, 4) is 0 Å². The lowest BCUT2D eigenvalue weighted by molar-refractivity contribution is -0.132. The number of amides is 2. The van der Waals surface area contributed by atoms with Gasteiger partial charge in [0, 0.05) is 48.7 Å². The van der Waals surface area contributed by atoms with Gasteiger partial charge in [0.15, 0.2) is 0 Å². The Balaban J connectivity index is 0.00000264. The number of nitrogens with two attached hydrogens (primary N) is 1. The first-order chi connectivity index (χ1) is 10.5. The minimum Gasteiger partial charge on any atom is -0.339 e. The van der Waals surface area contributed by atoms with E-state index >= 15 is 0 Å². The summed E-state index contributed by atoms with van der Waals surface area (Å²) >= 11 is 3.36. The molecule has 1 aromatic rings. The van der Waals surface area contributed by atoms with Crippen LogP contribution in [0.4, 0.5) is 0 Å². The van der Waals surface area contributed by atoms with Gasteiger partial charge in [-0.2, -0.15) is 0 Å². The second kappa shape index (κ2) is 9.25. The van der Waals surface area contributed by atoms with Crippen molar-refractivity contribution >= 4 is 40.2 Å². The average Bonchev–Trinajstić information content (AvgIpc) is 2.53. The van der Waals surface area contributed by atoms with Crippen LogP contribution in [0.2, 0.25) is 0 Å². The highest BCUT2D eigenvalue weighted by Crippen LogP contribution is 2.14. The lowest BCUT2D eigenvalue weighted by Gasteiger charge is -2.35. The van der Waals surface area contributed by atoms with Crippen LogP contribution in [-0.2, 0) is 4.79 Å². The fourth-order valence-corrected chi connectivity index (χ4v) is 2.71. The van der Waals surface area contributed by atoms with Gasteiger partial charge in [-0.3, -0.25) is 9.59 Å². The van der Waals surface area contributed by atoms with Gasteiger partial charge in [-0.25, -0.2) is 0 Å². The van der Waals surface area contributed by atoms with Gasteiger partial charge in [-0.1, -0.05) is 15.9 Å². The molecule has 1 fully saturated rings. The Labute approximate surface area is 151 Å². The maximum absolute atomic E-state index is 12.4. The van der Waals surface area contributed by atoms with E-state index in [-0.39, 0.29) is 30.3 Å². The van der Waals surface area contributed by atoms with Crippen LogP contribution in [0.3, 0.4) is 0 Å². The molecule has 0 aliphatic carbocycles. The molecule has 0 spiro atoms. The molecule has 1 heterocycles. The molecule has 7 heteroatoms. The van der Waals surface area contributed by atoms with E-state index in [1.807, 2.05) is 36.1 Å². The van der Waals surface area contributed by atoms with E-state index in [2.05, 4.69) is 15.9 Å². The molecule has 1 atom stereocenters. The molecule has 0 radical (unpaired) electrons. The zero-order valence-electron chi connectivity index (χ0n) is 13.2. The number of carbonyl (C=O) groups excluding carboxylic acids is 2. The van der Waals surface area contributed by atoms with Crippen molar-refractivity contribution in [2.75, 3.05) is 26.2 Å². The second-order valence-electron chi connectivity index (χ2n) is 5.70. The largest absolute Gasteiger partial charge is 0.339 e. The number of piperazine rings is 1. The molecule has 128 valence electrons. The van der Waals surface area contributed by atoms with E-state index in [0.29, 0.717) is 44.6 Å². The molecular formula is C16H23BrClN3O2. The summed E-state index contributed by atoms with van der Waals surface area (Å²) in [6.45, 7) is 4.26. The van der Waals surface area contributed by atoms with Crippen molar-refractivity contribution in [2.24, 2.45) is 5.73 Å². The van der Waals surface area contributed by atoms with Gasteiger partial charge in [-0.15, -0.1) is 12.4 Å². The first kappa shape index (κ1) is 19.9. The van der Waals surface area contributed by atoms with E-state index in [4.69, 9.17) is 5.73 Å². The molecule has 23 heavy (non-hydrogen) atoms. The van der Waals surface area contributed by atoms with Gasteiger partial charge >= 0.3 is 0 Å². The second-order valence-corrected chi connectivity index (χ2v) is 6.61. The third-order valence-electron chi connectivity index (χ3n) is 3.82. The van der Waals surface area contributed by atoms with Gasteiger partial charge in [0.25, 0.3) is 5.91 Å². The first-order valence-electron chi connectivity index (χ1n) is 7.55. The Morgan fingerprint density at radius 2 is 1.65 bits per heavy atom. The molecule has 0 saturated carbocycles. The van der Waals surface area contributed by atoms with Gasteiger partial charge in [0.1, 0.15) is 0 Å². The quantitative estimate of drug-likeness (QED) is 0.837. The third-order valence-corrected chi connectivity index (χ3v) is 4.35. The standard InChI is InChI=1S/C16H22BrN3O2.ClH/c1-12(18)2-7-15(21)19-8-10-20(11-9-19)16(22)13-3-5-14(17)6-4-13;/h3-6,12H,2,7-11,18H2,1H3;1H. The summed E-state index contributed by atoms with van der Waals surface area (Å²) in [5.41, 5.74) is 6.36. The van der Waals surface area contributed by atoms with E-state index in [1.165, 1.54) is 0 Å². The van der Waals surface area contributed by atoms with E-state index < -0.39 is 0 Å². The van der Waals surface area contributed by atoms with Crippen LogP contribution in [0, 0.1) is 0 Å².